The van der Waals surface area contributed by atoms with Crippen molar-refractivity contribution in [2.75, 3.05) is 24.2 Å². The van der Waals surface area contributed by atoms with Gasteiger partial charge in [-0.2, -0.15) is 0 Å². The van der Waals surface area contributed by atoms with Gasteiger partial charge in [0.1, 0.15) is 18.3 Å². The van der Waals surface area contributed by atoms with Gasteiger partial charge in [0.15, 0.2) is 0 Å². The maximum absolute atomic E-state index is 13.6. The van der Waals surface area contributed by atoms with Crippen molar-refractivity contribution < 1.29 is 22.7 Å². The Labute approximate surface area is 213 Å². The minimum atomic E-state index is -3.81. The Balaban J connectivity index is 2.44. The minimum Gasteiger partial charge on any atom is -0.497 e. The van der Waals surface area contributed by atoms with E-state index in [-0.39, 0.29) is 18.5 Å². The van der Waals surface area contributed by atoms with E-state index in [2.05, 4.69) is 5.32 Å². The first-order chi connectivity index (χ1) is 16.5. The molecule has 0 saturated heterocycles. The second-order valence-corrected chi connectivity index (χ2v) is 10.7. The number of nitrogens with one attached hydrogen (secondary N) is 1. The van der Waals surface area contributed by atoms with Crippen molar-refractivity contribution in [3.63, 3.8) is 0 Å². The highest BCUT2D eigenvalue weighted by atomic mass is 35.5. The summed E-state index contributed by atoms with van der Waals surface area (Å²) in [5.41, 5.74) is 1.06. The highest BCUT2D eigenvalue weighted by Crippen LogP contribution is 2.24. The van der Waals surface area contributed by atoms with Crippen LogP contribution < -0.4 is 14.4 Å². The molecule has 0 saturated carbocycles. The molecule has 0 fully saturated rings. The highest BCUT2D eigenvalue weighted by molar-refractivity contribution is 7.92. The molecule has 0 spiro atoms. The van der Waals surface area contributed by atoms with E-state index < -0.39 is 28.5 Å². The van der Waals surface area contributed by atoms with Crippen LogP contribution in [0.4, 0.5) is 5.69 Å². The van der Waals surface area contributed by atoms with Crippen LogP contribution in [0.5, 0.6) is 5.75 Å². The number of anilines is 1. The molecule has 10 heteroatoms. The van der Waals surface area contributed by atoms with Crippen LogP contribution >= 0.6 is 11.6 Å². The van der Waals surface area contributed by atoms with E-state index in [1.165, 1.54) is 12.0 Å². The fourth-order valence-electron chi connectivity index (χ4n) is 3.53. The maximum Gasteiger partial charge on any atom is 0.244 e. The number of carbonyl (C=O) groups excluding carboxylic acids is 2. The molecular formula is C25H34ClN3O5S. The molecule has 0 aliphatic carbocycles. The molecule has 8 nitrogen and oxygen atoms in total. The lowest BCUT2D eigenvalue weighted by molar-refractivity contribution is -0.140. The van der Waals surface area contributed by atoms with Crippen LogP contribution in [0.15, 0.2) is 48.5 Å². The van der Waals surface area contributed by atoms with Crippen molar-refractivity contribution in [1.29, 1.82) is 0 Å². The first kappa shape index (κ1) is 28.5. The van der Waals surface area contributed by atoms with E-state index in [0.29, 0.717) is 22.9 Å². The Kier molecular flexibility index (Phi) is 10.4. The van der Waals surface area contributed by atoms with Crippen LogP contribution in [0.25, 0.3) is 0 Å². The number of methoxy groups -OCH3 is 1. The standard InChI is InChI=1S/C25H34ClN3O5S/c1-6-18(3)27-25(31)23(7-2)28(16-19-11-13-20(26)14-12-19)24(30)17-29(35(5,32)33)21-9-8-10-22(15-21)34-4/h8-15,18,23H,6-7,16-17H2,1-5H3,(H,27,31). The van der Waals surface area contributed by atoms with Crippen LogP contribution in [0.3, 0.4) is 0 Å². The number of nitrogens with zero attached hydrogens (tertiary/aromatic N) is 2. The molecule has 2 aromatic rings. The van der Waals surface area contributed by atoms with Crippen LogP contribution in [0, 0.1) is 0 Å². The van der Waals surface area contributed by atoms with Crippen LogP contribution in [0.2, 0.25) is 5.02 Å². The van der Waals surface area contributed by atoms with Gasteiger partial charge in [0.25, 0.3) is 0 Å². The predicted molar refractivity (Wildman–Crippen MR) is 139 cm³/mol. The van der Waals surface area contributed by atoms with Gasteiger partial charge in [-0.3, -0.25) is 13.9 Å². The molecule has 2 rings (SSSR count). The Morgan fingerprint density at radius 3 is 2.29 bits per heavy atom. The fraction of sp³-hybridized carbons (Fsp3) is 0.440. The van der Waals surface area contributed by atoms with E-state index in [0.717, 1.165) is 22.5 Å². The zero-order valence-corrected chi connectivity index (χ0v) is 22.4. The molecule has 2 aromatic carbocycles. The third kappa shape index (κ3) is 8.14. The van der Waals surface area contributed by atoms with Crippen molar-refractivity contribution in [3.8, 4) is 5.75 Å². The summed E-state index contributed by atoms with van der Waals surface area (Å²) in [4.78, 5) is 28.2. The zero-order chi connectivity index (χ0) is 26.2. The smallest absolute Gasteiger partial charge is 0.244 e. The molecule has 2 amide bonds. The van der Waals surface area contributed by atoms with Gasteiger partial charge in [-0.25, -0.2) is 8.42 Å². The summed E-state index contributed by atoms with van der Waals surface area (Å²) in [6.07, 6.45) is 2.14. The molecule has 2 unspecified atom stereocenters. The summed E-state index contributed by atoms with van der Waals surface area (Å²) in [5, 5.41) is 3.49. The monoisotopic (exact) mass is 523 g/mol. The summed E-state index contributed by atoms with van der Waals surface area (Å²) < 4.78 is 31.6. The molecule has 0 radical (unpaired) electrons. The number of benzene rings is 2. The lowest BCUT2D eigenvalue weighted by atomic mass is 10.1. The van der Waals surface area contributed by atoms with Gasteiger partial charge in [0, 0.05) is 23.7 Å². The number of ether oxygens (including phenoxy) is 1. The average molecular weight is 524 g/mol. The lowest BCUT2D eigenvalue weighted by Crippen LogP contribution is -2.53. The fourth-order valence-corrected chi connectivity index (χ4v) is 4.49. The highest BCUT2D eigenvalue weighted by Gasteiger charge is 2.32. The Bertz CT molecular complexity index is 1110. The predicted octanol–water partition coefficient (Wildman–Crippen LogP) is 3.84. The summed E-state index contributed by atoms with van der Waals surface area (Å²) in [6.45, 7) is 5.33. The number of hydrogen-bond donors (Lipinski definition) is 1. The van der Waals surface area contributed by atoms with Crippen molar-refractivity contribution in [1.82, 2.24) is 10.2 Å². The number of rotatable bonds is 12. The summed E-state index contributed by atoms with van der Waals surface area (Å²) in [6, 6.07) is 12.6. The molecule has 35 heavy (non-hydrogen) atoms. The van der Waals surface area contributed by atoms with Crippen molar-refractivity contribution in [3.05, 3.63) is 59.1 Å². The molecule has 0 aliphatic heterocycles. The van der Waals surface area contributed by atoms with E-state index >= 15 is 0 Å². The molecule has 0 bridgehead atoms. The summed E-state index contributed by atoms with van der Waals surface area (Å²) in [5.74, 6) is -0.322. The van der Waals surface area contributed by atoms with Crippen molar-refractivity contribution in [2.24, 2.45) is 0 Å². The molecular weight excluding hydrogens is 490 g/mol. The van der Waals surface area contributed by atoms with Gasteiger partial charge < -0.3 is 15.0 Å². The SMILES string of the molecule is CCC(C)NC(=O)C(CC)N(Cc1ccc(Cl)cc1)C(=O)CN(c1cccc(OC)c1)S(C)(=O)=O. The van der Waals surface area contributed by atoms with E-state index in [1.54, 1.807) is 48.5 Å². The largest absolute Gasteiger partial charge is 0.497 e. The Morgan fingerprint density at radius 1 is 1.09 bits per heavy atom. The van der Waals surface area contributed by atoms with Gasteiger partial charge in [-0.1, -0.05) is 43.6 Å². The molecule has 1 N–H and O–H groups in total. The van der Waals surface area contributed by atoms with Crippen LogP contribution in [0.1, 0.15) is 39.2 Å². The van der Waals surface area contributed by atoms with Gasteiger partial charge in [0.05, 0.1) is 19.1 Å². The minimum absolute atomic E-state index is 0.0617. The number of carbonyl (C=O) groups is 2. The lowest BCUT2D eigenvalue weighted by Gasteiger charge is -2.33. The average Bonchev–Trinajstić information content (AvgIpc) is 2.82. The molecule has 0 heterocycles. The first-order valence-electron chi connectivity index (χ1n) is 11.5. The van der Waals surface area contributed by atoms with E-state index in [9.17, 15) is 18.0 Å². The number of hydrogen-bond acceptors (Lipinski definition) is 5. The topological polar surface area (TPSA) is 96.0 Å². The van der Waals surface area contributed by atoms with Crippen LogP contribution in [-0.4, -0.2) is 57.1 Å². The number of halogens is 1. The summed E-state index contributed by atoms with van der Waals surface area (Å²) in [7, 11) is -2.34. The first-order valence-corrected chi connectivity index (χ1v) is 13.7. The normalized spacial score (nSPS) is 13.0. The Morgan fingerprint density at radius 2 is 1.74 bits per heavy atom. The third-order valence-electron chi connectivity index (χ3n) is 5.67. The van der Waals surface area contributed by atoms with Crippen molar-refractivity contribution in [2.45, 2.75) is 52.2 Å². The van der Waals surface area contributed by atoms with Crippen LogP contribution in [-0.2, 0) is 26.2 Å². The summed E-state index contributed by atoms with van der Waals surface area (Å²) >= 11 is 6.01. The Hall–Kier alpha value is -2.78. The molecule has 0 aliphatic rings. The third-order valence-corrected chi connectivity index (χ3v) is 7.07. The van der Waals surface area contributed by atoms with Gasteiger partial charge in [-0.15, -0.1) is 0 Å². The zero-order valence-electron chi connectivity index (χ0n) is 20.8. The number of sulfonamides is 1. The maximum atomic E-state index is 13.6. The van der Waals surface area contributed by atoms with Gasteiger partial charge in [0.2, 0.25) is 21.8 Å². The second kappa shape index (κ2) is 12.8. The van der Waals surface area contributed by atoms with E-state index in [1.807, 2.05) is 20.8 Å². The number of amides is 2. The van der Waals surface area contributed by atoms with Gasteiger partial charge >= 0.3 is 0 Å². The van der Waals surface area contributed by atoms with Crippen molar-refractivity contribution >= 4 is 39.1 Å². The quantitative estimate of drug-likeness (QED) is 0.456. The van der Waals surface area contributed by atoms with Gasteiger partial charge in [-0.05, 0) is 49.6 Å². The van der Waals surface area contributed by atoms with E-state index in [4.69, 9.17) is 16.3 Å². The second-order valence-electron chi connectivity index (χ2n) is 8.36. The molecule has 192 valence electrons. The molecule has 2 atom stereocenters. The molecule has 0 aromatic heterocycles.